The number of aryl methyl sites for hydroxylation is 2. The van der Waals surface area contributed by atoms with E-state index in [1.165, 1.54) is 23.5 Å². The molecule has 162 valence electrons. The van der Waals surface area contributed by atoms with Crippen molar-refractivity contribution in [3.63, 3.8) is 0 Å². The van der Waals surface area contributed by atoms with Gasteiger partial charge in [-0.1, -0.05) is 42.0 Å². The van der Waals surface area contributed by atoms with Gasteiger partial charge in [-0.2, -0.15) is 0 Å². The first-order chi connectivity index (χ1) is 14.6. The van der Waals surface area contributed by atoms with Crippen LogP contribution in [0.2, 0.25) is 5.02 Å². The van der Waals surface area contributed by atoms with Gasteiger partial charge < -0.3 is 4.57 Å². The van der Waals surface area contributed by atoms with Gasteiger partial charge in [0.1, 0.15) is 5.82 Å². The van der Waals surface area contributed by atoms with E-state index in [1.54, 1.807) is 17.4 Å². The number of hydrogen-bond donors (Lipinski definition) is 0. The zero-order chi connectivity index (χ0) is 21.1. The van der Waals surface area contributed by atoms with Crippen molar-refractivity contribution in [1.29, 1.82) is 0 Å². The van der Waals surface area contributed by atoms with Crippen LogP contribution in [0.5, 0.6) is 0 Å². The van der Waals surface area contributed by atoms with Gasteiger partial charge in [-0.15, -0.1) is 12.4 Å². The van der Waals surface area contributed by atoms with Gasteiger partial charge in [0.15, 0.2) is 5.13 Å². The predicted octanol–water partition coefficient (Wildman–Crippen LogP) is 6.01. The van der Waals surface area contributed by atoms with Gasteiger partial charge >= 0.3 is 0 Å². The quantitative estimate of drug-likeness (QED) is 0.326. The minimum atomic E-state index is -0.476. The fraction of sp³-hybridized carbons (Fsp3) is 0.227. The molecule has 0 unspecified atom stereocenters. The summed E-state index contributed by atoms with van der Waals surface area (Å²) in [6.45, 7) is 3.25. The average Bonchev–Trinajstić information content (AvgIpc) is 3.40. The van der Waals surface area contributed by atoms with Crippen molar-refractivity contribution < 1.29 is 9.18 Å². The number of fused-ring (bicyclic) bond motifs is 1. The summed E-state index contributed by atoms with van der Waals surface area (Å²) in [6, 6.07) is 9.89. The van der Waals surface area contributed by atoms with Crippen LogP contribution in [0.15, 0.2) is 55.1 Å². The van der Waals surface area contributed by atoms with Gasteiger partial charge in [-0.25, -0.2) is 14.4 Å². The number of aromatic nitrogens is 3. The van der Waals surface area contributed by atoms with Gasteiger partial charge in [0.05, 0.1) is 27.1 Å². The second-order valence-electron chi connectivity index (χ2n) is 6.85. The number of para-hydroxylation sites is 1. The van der Waals surface area contributed by atoms with E-state index in [-0.39, 0.29) is 28.9 Å². The highest BCUT2D eigenvalue weighted by molar-refractivity contribution is 7.22. The molecule has 9 heteroatoms. The summed E-state index contributed by atoms with van der Waals surface area (Å²) in [5, 5.41) is 0.705. The summed E-state index contributed by atoms with van der Waals surface area (Å²) in [5.41, 5.74) is 2.31. The molecule has 4 aromatic rings. The molecule has 0 atom stereocenters. The summed E-state index contributed by atoms with van der Waals surface area (Å²) in [6.07, 6.45) is 6.92. The van der Waals surface area contributed by atoms with Gasteiger partial charge in [0.2, 0.25) is 0 Å². The maximum atomic E-state index is 13.5. The van der Waals surface area contributed by atoms with Crippen LogP contribution in [0.4, 0.5) is 9.52 Å². The van der Waals surface area contributed by atoms with Crippen molar-refractivity contribution in [2.45, 2.75) is 26.3 Å². The van der Waals surface area contributed by atoms with Crippen LogP contribution in [0.3, 0.4) is 0 Å². The number of carbonyl (C=O) groups excluding carboxylic acids is 1. The Bertz CT molecular complexity index is 1180. The number of imidazole rings is 1. The Morgan fingerprint density at radius 2 is 2.13 bits per heavy atom. The Kier molecular flexibility index (Phi) is 7.64. The highest BCUT2D eigenvalue weighted by Crippen LogP contribution is 2.32. The number of rotatable bonds is 7. The maximum absolute atomic E-state index is 13.5. The molecule has 0 spiro atoms. The van der Waals surface area contributed by atoms with Crippen molar-refractivity contribution in [1.82, 2.24) is 14.5 Å². The number of thiazole rings is 1. The fourth-order valence-electron chi connectivity index (χ4n) is 3.32. The van der Waals surface area contributed by atoms with Crippen molar-refractivity contribution in [2.75, 3.05) is 11.4 Å². The highest BCUT2D eigenvalue weighted by atomic mass is 35.5. The minimum absolute atomic E-state index is 0. The number of hydrogen-bond acceptors (Lipinski definition) is 4. The lowest BCUT2D eigenvalue weighted by Gasteiger charge is -2.20. The molecule has 2 aromatic heterocycles. The number of amides is 1. The number of anilines is 1. The first-order valence-electron chi connectivity index (χ1n) is 9.68. The van der Waals surface area contributed by atoms with Crippen LogP contribution in [0.1, 0.15) is 29.3 Å². The smallest absolute Gasteiger partial charge is 0.261 e. The van der Waals surface area contributed by atoms with Crippen molar-refractivity contribution >= 4 is 56.6 Å². The second kappa shape index (κ2) is 10.2. The first-order valence-corrected chi connectivity index (χ1v) is 10.9. The Balaban J connectivity index is 0.00000272. The normalized spacial score (nSPS) is 10.8. The third kappa shape index (κ3) is 5.06. The van der Waals surface area contributed by atoms with Crippen LogP contribution in [-0.4, -0.2) is 27.0 Å². The summed E-state index contributed by atoms with van der Waals surface area (Å²) in [5.74, 6) is -0.765. The molecule has 2 heterocycles. The van der Waals surface area contributed by atoms with E-state index in [0.717, 1.165) is 28.3 Å². The third-order valence-electron chi connectivity index (χ3n) is 4.87. The molecular formula is C22H21Cl2FN4OS. The van der Waals surface area contributed by atoms with Crippen LogP contribution in [0, 0.1) is 5.82 Å². The van der Waals surface area contributed by atoms with Crippen molar-refractivity contribution in [2.24, 2.45) is 0 Å². The molecule has 0 fully saturated rings. The molecule has 4 rings (SSSR count). The molecule has 0 aliphatic carbocycles. The predicted molar refractivity (Wildman–Crippen MR) is 126 cm³/mol. The van der Waals surface area contributed by atoms with Crippen LogP contribution < -0.4 is 4.90 Å². The summed E-state index contributed by atoms with van der Waals surface area (Å²) >= 11 is 7.65. The number of carbonyl (C=O) groups is 1. The molecule has 0 radical (unpaired) electrons. The van der Waals surface area contributed by atoms with Crippen molar-refractivity contribution in [3.8, 4) is 0 Å². The van der Waals surface area contributed by atoms with Gasteiger partial charge in [0.25, 0.3) is 5.91 Å². The molecule has 0 aliphatic rings. The Morgan fingerprint density at radius 1 is 1.29 bits per heavy atom. The number of nitrogens with zero attached hydrogens (tertiary/aromatic N) is 4. The Morgan fingerprint density at radius 3 is 2.84 bits per heavy atom. The lowest BCUT2D eigenvalue weighted by atomic mass is 10.1. The van der Waals surface area contributed by atoms with E-state index in [9.17, 15) is 9.18 Å². The van der Waals surface area contributed by atoms with E-state index in [0.29, 0.717) is 24.6 Å². The molecule has 0 bridgehead atoms. The van der Waals surface area contributed by atoms with E-state index in [1.807, 2.05) is 29.0 Å². The molecule has 5 nitrogen and oxygen atoms in total. The summed E-state index contributed by atoms with van der Waals surface area (Å²) in [7, 11) is 0. The van der Waals surface area contributed by atoms with Gasteiger partial charge in [-0.3, -0.25) is 9.69 Å². The van der Waals surface area contributed by atoms with Crippen LogP contribution >= 0.6 is 35.3 Å². The second-order valence-corrected chi connectivity index (χ2v) is 8.27. The largest absolute Gasteiger partial charge is 0.337 e. The van der Waals surface area contributed by atoms with Gasteiger partial charge in [0, 0.05) is 25.5 Å². The maximum Gasteiger partial charge on any atom is 0.261 e. The molecule has 0 aliphatic heterocycles. The third-order valence-corrected chi connectivity index (χ3v) is 6.22. The lowest BCUT2D eigenvalue weighted by Crippen LogP contribution is -2.32. The summed E-state index contributed by atoms with van der Waals surface area (Å²) < 4.78 is 16.5. The Labute approximate surface area is 194 Å². The first kappa shape index (κ1) is 23.2. The summed E-state index contributed by atoms with van der Waals surface area (Å²) in [4.78, 5) is 23.8. The Hall–Kier alpha value is -2.48. The van der Waals surface area contributed by atoms with Crippen LogP contribution in [0.25, 0.3) is 10.2 Å². The van der Waals surface area contributed by atoms with Gasteiger partial charge in [-0.05, 0) is 42.7 Å². The fourth-order valence-corrected chi connectivity index (χ4v) is 4.60. The van der Waals surface area contributed by atoms with E-state index >= 15 is 0 Å². The molecule has 31 heavy (non-hydrogen) atoms. The molecule has 0 N–H and O–H groups in total. The standard InChI is InChI=1S/C22H20ClFN4OS.ClH/c1-2-15-5-3-6-19-20(15)26-22(30-19)28(11-4-10-27-12-9-25-14-27)21(29)17-8-7-16(24)13-18(17)23;/h3,5-9,12-14H,2,4,10-11H2,1H3;1H. The SMILES string of the molecule is CCc1cccc2sc(N(CCCn3ccnc3)C(=O)c3ccc(F)cc3Cl)nc12.Cl. The van der Waals surface area contributed by atoms with Crippen LogP contribution in [-0.2, 0) is 13.0 Å². The topological polar surface area (TPSA) is 51.0 Å². The highest BCUT2D eigenvalue weighted by Gasteiger charge is 2.23. The average molecular weight is 479 g/mol. The minimum Gasteiger partial charge on any atom is -0.337 e. The number of halogens is 3. The van der Waals surface area contributed by atoms with Crippen molar-refractivity contribution in [3.05, 3.63) is 77.1 Å². The van der Waals surface area contributed by atoms with E-state index in [4.69, 9.17) is 16.6 Å². The van der Waals surface area contributed by atoms with E-state index < -0.39 is 5.82 Å². The molecule has 0 saturated heterocycles. The monoisotopic (exact) mass is 478 g/mol. The zero-order valence-electron chi connectivity index (χ0n) is 16.8. The molecule has 1 amide bonds. The molecule has 2 aromatic carbocycles. The lowest BCUT2D eigenvalue weighted by molar-refractivity contribution is 0.0986. The molecular weight excluding hydrogens is 458 g/mol. The zero-order valence-corrected chi connectivity index (χ0v) is 19.2. The number of benzene rings is 2. The molecule has 0 saturated carbocycles. The van der Waals surface area contributed by atoms with E-state index in [2.05, 4.69) is 11.9 Å².